The van der Waals surface area contributed by atoms with E-state index in [2.05, 4.69) is 44.7 Å². The number of benzene rings is 3. The van der Waals surface area contributed by atoms with Crippen molar-refractivity contribution in [2.24, 2.45) is 0 Å². The van der Waals surface area contributed by atoms with Crippen LogP contribution in [0.4, 0.5) is 17.1 Å². The Morgan fingerprint density at radius 1 is 0.850 bits per heavy atom. The molecule has 0 radical (unpaired) electrons. The zero-order chi connectivity index (χ0) is 27.9. The number of hydrogen-bond acceptors (Lipinski definition) is 6. The van der Waals surface area contributed by atoms with E-state index >= 15 is 0 Å². The predicted octanol–water partition coefficient (Wildman–Crippen LogP) is 5.23. The summed E-state index contributed by atoms with van der Waals surface area (Å²) in [7, 11) is 0. The zero-order valence-electron chi connectivity index (χ0n) is 22.6. The average Bonchev–Trinajstić information content (AvgIpc) is 2.98. The van der Waals surface area contributed by atoms with Crippen LogP contribution < -0.4 is 15.5 Å². The van der Waals surface area contributed by atoms with E-state index in [9.17, 15) is 19.7 Å². The van der Waals surface area contributed by atoms with Gasteiger partial charge in [-0.3, -0.25) is 24.6 Å². The Labute approximate surface area is 234 Å². The maximum absolute atomic E-state index is 13.6. The van der Waals surface area contributed by atoms with Crippen molar-refractivity contribution in [2.45, 2.75) is 44.7 Å². The van der Waals surface area contributed by atoms with Gasteiger partial charge in [-0.25, -0.2) is 0 Å². The van der Waals surface area contributed by atoms with Crippen LogP contribution >= 0.6 is 0 Å². The fraction of sp³-hybridized carbons (Fsp3) is 0.355. The van der Waals surface area contributed by atoms with E-state index in [0.29, 0.717) is 16.8 Å². The molecule has 1 aliphatic heterocycles. The number of nitro groups is 1. The van der Waals surface area contributed by atoms with E-state index in [1.54, 1.807) is 6.07 Å². The summed E-state index contributed by atoms with van der Waals surface area (Å²) in [5, 5.41) is 17.0. The van der Waals surface area contributed by atoms with Gasteiger partial charge in [0.05, 0.1) is 10.5 Å². The molecule has 0 atom stereocenters. The second-order valence-corrected chi connectivity index (χ2v) is 10.5. The lowest BCUT2D eigenvalue weighted by molar-refractivity contribution is -0.384. The first-order chi connectivity index (χ1) is 19.5. The number of nitrogens with zero attached hydrogens (tertiary/aromatic N) is 3. The summed E-state index contributed by atoms with van der Waals surface area (Å²) < 4.78 is 0. The molecule has 208 valence electrons. The van der Waals surface area contributed by atoms with Crippen LogP contribution in [0.1, 0.15) is 58.4 Å². The molecular weight excluding hydrogens is 506 g/mol. The molecule has 1 aliphatic carbocycles. The molecule has 3 aromatic rings. The largest absolute Gasteiger partial charge is 0.368 e. The summed E-state index contributed by atoms with van der Waals surface area (Å²) in [5.74, 6) is -0.518. The zero-order valence-corrected chi connectivity index (χ0v) is 22.6. The first-order valence-corrected chi connectivity index (χ1v) is 14.0. The third-order valence-electron chi connectivity index (χ3n) is 7.74. The van der Waals surface area contributed by atoms with Crippen molar-refractivity contribution in [2.75, 3.05) is 36.4 Å². The van der Waals surface area contributed by atoms with Crippen molar-refractivity contribution >= 4 is 28.9 Å². The third kappa shape index (κ3) is 6.84. The van der Waals surface area contributed by atoms with Crippen molar-refractivity contribution < 1.29 is 14.5 Å². The number of anilines is 2. The van der Waals surface area contributed by atoms with Gasteiger partial charge in [-0.05, 0) is 48.7 Å². The average molecular weight is 542 g/mol. The van der Waals surface area contributed by atoms with E-state index in [-0.39, 0.29) is 17.6 Å². The number of hydrogen-bond donors (Lipinski definition) is 2. The number of amides is 2. The van der Waals surface area contributed by atoms with Gasteiger partial charge in [-0.2, -0.15) is 0 Å². The standard InChI is InChI=1S/C31H35N5O4/c37-30(24-11-14-27(15-12-24)36(39)40)33-26-13-16-29(28(21-26)31(38)32-25-9-5-2-6-10-25)35-19-17-34(18-20-35)22-23-7-3-1-4-8-23/h1,3-4,7-8,11-16,21,25H,2,5-6,9-10,17-20,22H2,(H,32,38)(H,33,37). The highest BCUT2D eigenvalue weighted by molar-refractivity contribution is 6.06. The lowest BCUT2D eigenvalue weighted by Crippen LogP contribution is -2.46. The fourth-order valence-corrected chi connectivity index (χ4v) is 5.51. The Morgan fingerprint density at radius 3 is 2.23 bits per heavy atom. The minimum atomic E-state index is -0.501. The van der Waals surface area contributed by atoms with Gasteiger partial charge in [-0.15, -0.1) is 0 Å². The van der Waals surface area contributed by atoms with Gasteiger partial charge >= 0.3 is 0 Å². The molecule has 2 aliphatic rings. The molecule has 1 saturated carbocycles. The highest BCUT2D eigenvalue weighted by Crippen LogP contribution is 2.28. The number of nitrogens with one attached hydrogen (secondary N) is 2. The van der Waals surface area contributed by atoms with Gasteiger partial charge in [0, 0.05) is 67.8 Å². The smallest absolute Gasteiger partial charge is 0.269 e. The molecule has 9 heteroatoms. The minimum absolute atomic E-state index is 0.0774. The summed E-state index contributed by atoms with van der Waals surface area (Å²) in [6, 6.07) is 21.5. The van der Waals surface area contributed by atoms with Crippen LogP contribution in [0, 0.1) is 10.1 Å². The molecule has 2 N–H and O–H groups in total. The van der Waals surface area contributed by atoms with Crippen LogP contribution in [0.15, 0.2) is 72.8 Å². The Balaban J connectivity index is 1.32. The van der Waals surface area contributed by atoms with Crippen LogP contribution in [-0.4, -0.2) is 53.9 Å². The first kappa shape index (κ1) is 27.3. The molecule has 0 bridgehead atoms. The molecule has 40 heavy (non-hydrogen) atoms. The van der Waals surface area contributed by atoms with E-state index in [1.165, 1.54) is 36.2 Å². The predicted molar refractivity (Wildman–Crippen MR) is 156 cm³/mol. The lowest BCUT2D eigenvalue weighted by atomic mass is 9.95. The maximum Gasteiger partial charge on any atom is 0.269 e. The van der Waals surface area contributed by atoms with Gasteiger partial charge in [-0.1, -0.05) is 49.6 Å². The number of non-ortho nitro benzene ring substituents is 1. The molecule has 0 unspecified atom stereocenters. The van der Waals surface area contributed by atoms with Crippen molar-refractivity contribution in [1.82, 2.24) is 10.2 Å². The van der Waals surface area contributed by atoms with Crippen molar-refractivity contribution in [3.63, 3.8) is 0 Å². The monoisotopic (exact) mass is 541 g/mol. The van der Waals surface area contributed by atoms with Crippen LogP contribution in [0.5, 0.6) is 0 Å². The van der Waals surface area contributed by atoms with Gasteiger partial charge in [0.25, 0.3) is 17.5 Å². The Kier molecular flexibility index (Phi) is 8.71. The summed E-state index contributed by atoms with van der Waals surface area (Å²) in [5.41, 5.74) is 3.42. The number of carbonyl (C=O) groups excluding carboxylic acids is 2. The van der Waals surface area contributed by atoms with Gasteiger partial charge in [0.15, 0.2) is 0 Å². The molecule has 0 aromatic heterocycles. The Hall–Kier alpha value is -4.24. The second-order valence-electron chi connectivity index (χ2n) is 10.5. The van der Waals surface area contributed by atoms with E-state index in [4.69, 9.17) is 0 Å². The molecular formula is C31H35N5O4. The normalized spacial score (nSPS) is 16.4. The molecule has 1 saturated heterocycles. The summed E-state index contributed by atoms with van der Waals surface area (Å²) in [6.45, 7) is 4.27. The lowest BCUT2D eigenvalue weighted by Gasteiger charge is -2.37. The first-order valence-electron chi connectivity index (χ1n) is 14.0. The Bertz CT molecular complexity index is 1330. The SMILES string of the molecule is O=C(Nc1ccc(N2CCN(Cc3ccccc3)CC2)c(C(=O)NC2CCCCC2)c1)c1ccc([N+](=O)[O-])cc1. The van der Waals surface area contributed by atoms with Crippen LogP contribution in [0.3, 0.4) is 0 Å². The maximum atomic E-state index is 13.6. The fourth-order valence-electron chi connectivity index (χ4n) is 5.51. The molecule has 2 amide bonds. The van der Waals surface area contributed by atoms with Gasteiger partial charge in [0.2, 0.25) is 0 Å². The minimum Gasteiger partial charge on any atom is -0.368 e. The molecule has 1 heterocycles. The third-order valence-corrected chi connectivity index (χ3v) is 7.74. The molecule has 2 fully saturated rings. The Morgan fingerprint density at radius 2 is 1.55 bits per heavy atom. The summed E-state index contributed by atoms with van der Waals surface area (Å²) >= 11 is 0. The number of rotatable bonds is 8. The number of piperazine rings is 1. The van der Waals surface area contributed by atoms with Gasteiger partial charge in [0.1, 0.15) is 0 Å². The van der Waals surface area contributed by atoms with E-state index < -0.39 is 10.8 Å². The summed E-state index contributed by atoms with van der Waals surface area (Å²) in [4.78, 5) is 41.5. The highest BCUT2D eigenvalue weighted by Gasteiger charge is 2.24. The molecule has 9 nitrogen and oxygen atoms in total. The van der Waals surface area contributed by atoms with Crippen molar-refractivity contribution in [3.05, 3.63) is 99.6 Å². The number of carbonyl (C=O) groups is 2. The van der Waals surface area contributed by atoms with E-state index in [1.807, 2.05) is 18.2 Å². The van der Waals surface area contributed by atoms with Crippen LogP contribution in [-0.2, 0) is 6.54 Å². The topological polar surface area (TPSA) is 108 Å². The number of nitro benzene ring substituents is 1. The summed E-state index contributed by atoms with van der Waals surface area (Å²) in [6.07, 6.45) is 5.40. The second kappa shape index (κ2) is 12.7. The quantitative estimate of drug-likeness (QED) is 0.299. The molecule has 3 aromatic carbocycles. The van der Waals surface area contributed by atoms with E-state index in [0.717, 1.165) is 64.1 Å². The molecule has 5 rings (SSSR count). The van der Waals surface area contributed by atoms with Gasteiger partial charge < -0.3 is 15.5 Å². The van der Waals surface area contributed by atoms with Crippen LogP contribution in [0.2, 0.25) is 0 Å². The van der Waals surface area contributed by atoms with Crippen molar-refractivity contribution in [1.29, 1.82) is 0 Å². The van der Waals surface area contributed by atoms with Crippen molar-refractivity contribution in [3.8, 4) is 0 Å². The van der Waals surface area contributed by atoms with Crippen LogP contribution in [0.25, 0.3) is 0 Å². The molecule has 0 spiro atoms. The highest BCUT2D eigenvalue weighted by atomic mass is 16.6.